The Morgan fingerprint density at radius 1 is 1.03 bits per heavy atom. The number of aromatic nitrogens is 2. The lowest BCUT2D eigenvalue weighted by Crippen LogP contribution is -2.40. The van der Waals surface area contributed by atoms with E-state index in [9.17, 15) is 9.59 Å². The van der Waals surface area contributed by atoms with Crippen LogP contribution in [0.25, 0.3) is 0 Å². The zero-order valence-corrected chi connectivity index (χ0v) is 16.8. The molecule has 1 aromatic heterocycles. The van der Waals surface area contributed by atoms with E-state index >= 15 is 0 Å². The van der Waals surface area contributed by atoms with Crippen LogP contribution in [0.4, 0.5) is 5.95 Å². The van der Waals surface area contributed by atoms with E-state index in [1.807, 2.05) is 35.2 Å². The Kier molecular flexibility index (Phi) is 5.74. The Hall–Kier alpha value is -2.96. The Labute approximate surface area is 171 Å². The van der Waals surface area contributed by atoms with Crippen LogP contribution in [0.1, 0.15) is 54.7 Å². The molecular formula is C22H27N5O2. The van der Waals surface area contributed by atoms with Crippen molar-refractivity contribution in [2.24, 2.45) is 0 Å². The minimum Gasteiger partial charge on any atom is -0.351 e. The average molecular weight is 393 g/mol. The second-order valence-corrected chi connectivity index (χ2v) is 7.74. The van der Waals surface area contributed by atoms with Gasteiger partial charge in [0.25, 0.3) is 5.91 Å². The molecule has 0 aliphatic carbocycles. The van der Waals surface area contributed by atoms with Gasteiger partial charge >= 0.3 is 0 Å². The Bertz CT molecular complexity index is 867. The topological polar surface area (TPSA) is 78.4 Å². The summed E-state index contributed by atoms with van der Waals surface area (Å²) in [6, 6.07) is 11.2. The van der Waals surface area contributed by atoms with Gasteiger partial charge in [0.1, 0.15) is 5.69 Å². The molecule has 0 radical (unpaired) electrons. The number of nitrogens with one attached hydrogen (secondary N) is 1. The molecule has 29 heavy (non-hydrogen) atoms. The number of hydrogen-bond acceptors (Lipinski definition) is 5. The zero-order valence-electron chi connectivity index (χ0n) is 16.8. The molecule has 7 heteroatoms. The third-order valence-corrected chi connectivity index (χ3v) is 5.69. The summed E-state index contributed by atoms with van der Waals surface area (Å²) >= 11 is 0. The molecule has 7 nitrogen and oxygen atoms in total. The first-order chi connectivity index (χ1) is 14.1. The van der Waals surface area contributed by atoms with Crippen LogP contribution in [-0.2, 0) is 4.79 Å². The number of hydrogen-bond donors (Lipinski definition) is 1. The summed E-state index contributed by atoms with van der Waals surface area (Å²) in [6.45, 7) is 3.95. The van der Waals surface area contributed by atoms with Crippen LogP contribution >= 0.6 is 0 Å². The Balaban J connectivity index is 1.60. The molecule has 4 rings (SSSR count). The molecule has 2 aliphatic heterocycles. The van der Waals surface area contributed by atoms with Crippen molar-refractivity contribution < 1.29 is 9.59 Å². The molecular weight excluding hydrogens is 366 g/mol. The van der Waals surface area contributed by atoms with Crippen LogP contribution in [0.15, 0.2) is 42.6 Å². The number of rotatable bonds is 4. The largest absolute Gasteiger partial charge is 0.351 e. The summed E-state index contributed by atoms with van der Waals surface area (Å²) in [5.41, 5.74) is 1.42. The predicted molar refractivity (Wildman–Crippen MR) is 111 cm³/mol. The minimum absolute atomic E-state index is 0.0837. The monoisotopic (exact) mass is 393 g/mol. The van der Waals surface area contributed by atoms with E-state index in [2.05, 4.69) is 20.2 Å². The molecule has 2 aromatic rings. The molecule has 152 valence electrons. The van der Waals surface area contributed by atoms with E-state index in [4.69, 9.17) is 0 Å². The van der Waals surface area contributed by atoms with Gasteiger partial charge in [-0.2, -0.15) is 0 Å². The fraction of sp³-hybridized carbons (Fsp3) is 0.455. The maximum absolute atomic E-state index is 13.4. The summed E-state index contributed by atoms with van der Waals surface area (Å²) in [4.78, 5) is 38.1. The first-order valence-corrected chi connectivity index (χ1v) is 10.3. The highest BCUT2D eigenvalue weighted by Crippen LogP contribution is 2.33. The Morgan fingerprint density at radius 3 is 2.52 bits per heavy atom. The molecule has 2 fully saturated rings. The lowest BCUT2D eigenvalue weighted by Gasteiger charge is -2.29. The number of carbonyl (C=O) groups is 2. The van der Waals surface area contributed by atoms with Gasteiger partial charge < -0.3 is 15.1 Å². The normalized spacial score (nSPS) is 21.8. The maximum atomic E-state index is 13.4. The van der Waals surface area contributed by atoms with Crippen LogP contribution < -0.4 is 10.2 Å². The van der Waals surface area contributed by atoms with Gasteiger partial charge in [-0.3, -0.25) is 9.59 Å². The lowest BCUT2D eigenvalue weighted by atomic mass is 10.00. The van der Waals surface area contributed by atoms with Gasteiger partial charge in [-0.25, -0.2) is 9.97 Å². The maximum Gasteiger partial charge on any atom is 0.273 e. The van der Waals surface area contributed by atoms with Gasteiger partial charge in [0.15, 0.2) is 0 Å². The summed E-state index contributed by atoms with van der Waals surface area (Å²) < 4.78 is 0. The predicted octanol–water partition coefficient (Wildman–Crippen LogP) is 2.56. The first kappa shape index (κ1) is 19.4. The number of piperidine rings is 1. The second-order valence-electron chi connectivity index (χ2n) is 7.74. The van der Waals surface area contributed by atoms with Crippen LogP contribution in [0.3, 0.4) is 0 Å². The number of likely N-dealkylation sites (tertiary alicyclic amines) is 1. The third kappa shape index (κ3) is 4.23. The van der Waals surface area contributed by atoms with Crippen LogP contribution in [0.5, 0.6) is 0 Å². The fourth-order valence-electron chi connectivity index (χ4n) is 4.36. The second kappa shape index (κ2) is 8.59. The minimum atomic E-state index is -0.207. The van der Waals surface area contributed by atoms with Gasteiger partial charge in [0.2, 0.25) is 11.9 Å². The molecule has 0 spiro atoms. The van der Waals surface area contributed by atoms with Crippen molar-refractivity contribution in [1.82, 2.24) is 20.2 Å². The molecule has 2 saturated heterocycles. The van der Waals surface area contributed by atoms with Gasteiger partial charge in [-0.05, 0) is 37.3 Å². The molecule has 1 aromatic carbocycles. The highest BCUT2D eigenvalue weighted by molar-refractivity contribution is 5.93. The molecule has 2 amide bonds. The van der Waals surface area contributed by atoms with E-state index in [0.717, 1.165) is 37.9 Å². The molecule has 0 bridgehead atoms. The van der Waals surface area contributed by atoms with E-state index in [0.29, 0.717) is 18.2 Å². The number of carbonyl (C=O) groups excluding carboxylic acids is 2. The smallest absolute Gasteiger partial charge is 0.273 e. The van der Waals surface area contributed by atoms with E-state index < -0.39 is 0 Å². The van der Waals surface area contributed by atoms with Crippen LogP contribution in [-0.4, -0.2) is 52.4 Å². The highest BCUT2D eigenvalue weighted by Gasteiger charge is 2.39. The molecule has 1 N–H and O–H groups in total. The van der Waals surface area contributed by atoms with E-state index in [1.54, 1.807) is 12.3 Å². The van der Waals surface area contributed by atoms with E-state index in [1.165, 1.54) is 13.3 Å². The van der Waals surface area contributed by atoms with Crippen molar-refractivity contribution in [1.29, 1.82) is 0 Å². The number of nitrogens with zero attached hydrogens (tertiary/aromatic N) is 4. The van der Waals surface area contributed by atoms with Crippen molar-refractivity contribution in [3.05, 3.63) is 53.9 Å². The quantitative estimate of drug-likeness (QED) is 0.864. The van der Waals surface area contributed by atoms with Gasteiger partial charge in [0.05, 0.1) is 12.1 Å². The molecule has 3 heterocycles. The molecule has 0 unspecified atom stereocenters. The van der Waals surface area contributed by atoms with Crippen molar-refractivity contribution in [3.63, 3.8) is 0 Å². The lowest BCUT2D eigenvalue weighted by molar-refractivity contribution is -0.119. The molecule has 0 saturated carbocycles. The van der Waals surface area contributed by atoms with Crippen LogP contribution in [0.2, 0.25) is 0 Å². The summed E-state index contributed by atoms with van der Waals surface area (Å²) in [6.07, 6.45) is 5.87. The van der Waals surface area contributed by atoms with Crippen molar-refractivity contribution >= 4 is 17.8 Å². The van der Waals surface area contributed by atoms with Crippen molar-refractivity contribution in [3.8, 4) is 0 Å². The van der Waals surface area contributed by atoms with Gasteiger partial charge in [-0.1, -0.05) is 30.3 Å². The first-order valence-electron chi connectivity index (χ1n) is 10.3. The number of amides is 2. The summed E-state index contributed by atoms with van der Waals surface area (Å²) in [5.74, 6) is 0.427. The molecule has 2 aliphatic rings. The van der Waals surface area contributed by atoms with Crippen molar-refractivity contribution in [2.75, 3.05) is 24.5 Å². The van der Waals surface area contributed by atoms with Gasteiger partial charge in [0, 0.05) is 32.8 Å². The SMILES string of the molecule is CC(=O)N[C@@H]1CCN(C(=O)c2ccnc(N3CCCCC3)n2)[C@H]1c1ccccc1. The van der Waals surface area contributed by atoms with Crippen LogP contribution in [0, 0.1) is 0 Å². The average Bonchev–Trinajstić information content (AvgIpc) is 3.17. The number of anilines is 1. The van der Waals surface area contributed by atoms with Gasteiger partial charge in [-0.15, -0.1) is 0 Å². The summed E-state index contributed by atoms with van der Waals surface area (Å²) in [5, 5.41) is 3.02. The highest BCUT2D eigenvalue weighted by atomic mass is 16.2. The number of benzene rings is 1. The molecule has 2 atom stereocenters. The zero-order chi connectivity index (χ0) is 20.2. The van der Waals surface area contributed by atoms with Crippen molar-refractivity contribution in [2.45, 2.75) is 44.7 Å². The third-order valence-electron chi connectivity index (χ3n) is 5.69. The Morgan fingerprint density at radius 2 is 1.79 bits per heavy atom. The van der Waals surface area contributed by atoms with E-state index in [-0.39, 0.29) is 23.9 Å². The fourth-order valence-corrected chi connectivity index (χ4v) is 4.36. The standard InChI is InChI=1S/C22H27N5O2/c1-16(28)24-18-11-15-27(20(18)17-8-4-2-5-9-17)21(29)19-10-12-23-22(25-19)26-13-6-3-7-14-26/h2,4-5,8-10,12,18,20H,3,6-7,11,13-15H2,1H3,(H,24,28)/t18-,20+/m1/s1. The summed E-state index contributed by atoms with van der Waals surface area (Å²) in [7, 11) is 0.